The van der Waals surface area contributed by atoms with Gasteiger partial charge in [0.25, 0.3) is 0 Å². The van der Waals surface area contributed by atoms with Gasteiger partial charge in [0, 0.05) is 20.0 Å². The Morgan fingerprint density at radius 3 is 2.36 bits per heavy atom. The van der Waals surface area contributed by atoms with Gasteiger partial charge in [-0.3, -0.25) is 9.69 Å². The number of nitrogens with zero attached hydrogens (tertiary/aromatic N) is 1. The van der Waals surface area contributed by atoms with Crippen LogP contribution in [0.4, 0.5) is 9.18 Å². The van der Waals surface area contributed by atoms with Crippen LogP contribution < -0.4 is 5.32 Å². The van der Waals surface area contributed by atoms with Crippen molar-refractivity contribution >= 4 is 18.0 Å². The molecule has 8 nitrogen and oxygen atoms in total. The molecule has 1 aromatic rings. The van der Waals surface area contributed by atoms with Gasteiger partial charge in [0.2, 0.25) is 5.91 Å². The van der Waals surface area contributed by atoms with E-state index < -0.39 is 53.8 Å². The summed E-state index contributed by atoms with van der Waals surface area (Å²) in [6.45, 7) is 6.68. The molecular formula is C24H35FN2O6. The molecule has 5 atom stereocenters. The highest BCUT2D eigenvalue weighted by molar-refractivity contribution is 5.86. The molecule has 1 N–H and O–H groups in total. The van der Waals surface area contributed by atoms with Gasteiger partial charge in [0.05, 0.1) is 31.7 Å². The van der Waals surface area contributed by atoms with Crippen molar-refractivity contribution in [2.24, 2.45) is 5.92 Å². The molecule has 0 radical (unpaired) electrons. The second-order valence-corrected chi connectivity index (χ2v) is 9.30. The van der Waals surface area contributed by atoms with Crippen molar-refractivity contribution in [2.75, 3.05) is 20.8 Å². The summed E-state index contributed by atoms with van der Waals surface area (Å²) in [5.74, 6) is -1.81. The number of carbonyl (C=O) groups is 3. The van der Waals surface area contributed by atoms with E-state index in [1.54, 1.807) is 27.7 Å². The number of amides is 2. The van der Waals surface area contributed by atoms with Crippen molar-refractivity contribution in [1.29, 1.82) is 0 Å². The maximum Gasteiger partial charge on any atom is 0.410 e. The molecule has 1 aliphatic rings. The molecule has 33 heavy (non-hydrogen) atoms. The third-order valence-corrected chi connectivity index (χ3v) is 5.56. The third-order valence-electron chi connectivity index (χ3n) is 5.56. The van der Waals surface area contributed by atoms with E-state index in [1.807, 2.05) is 30.3 Å². The quantitative estimate of drug-likeness (QED) is 0.592. The van der Waals surface area contributed by atoms with Crippen LogP contribution in [0.15, 0.2) is 30.3 Å². The zero-order chi connectivity index (χ0) is 24.8. The Balaban J connectivity index is 2.15. The average molecular weight is 467 g/mol. The molecular weight excluding hydrogens is 431 g/mol. The molecule has 2 amide bonds. The molecule has 1 fully saturated rings. The smallest absolute Gasteiger partial charge is 0.410 e. The zero-order valence-corrected chi connectivity index (χ0v) is 20.2. The molecule has 0 aromatic heterocycles. The number of hydrogen-bond acceptors (Lipinski definition) is 6. The maximum atomic E-state index is 14.3. The summed E-state index contributed by atoms with van der Waals surface area (Å²) in [6, 6.07) is 7.65. The van der Waals surface area contributed by atoms with Crippen LogP contribution in [0, 0.1) is 5.92 Å². The Labute approximate surface area is 194 Å². The Kier molecular flexibility index (Phi) is 9.22. The molecule has 1 saturated heterocycles. The highest BCUT2D eigenvalue weighted by Gasteiger charge is 2.45. The minimum atomic E-state index is -1.25. The largest absolute Gasteiger partial charge is 0.467 e. The first-order valence-corrected chi connectivity index (χ1v) is 11.1. The number of esters is 1. The fourth-order valence-corrected chi connectivity index (χ4v) is 3.99. The fourth-order valence-electron chi connectivity index (χ4n) is 3.99. The van der Waals surface area contributed by atoms with Gasteiger partial charge in [-0.1, -0.05) is 37.3 Å². The van der Waals surface area contributed by atoms with Gasteiger partial charge in [-0.2, -0.15) is 0 Å². The van der Waals surface area contributed by atoms with Crippen molar-refractivity contribution in [3.63, 3.8) is 0 Å². The lowest BCUT2D eigenvalue weighted by Crippen LogP contribution is -2.53. The van der Waals surface area contributed by atoms with Gasteiger partial charge < -0.3 is 19.5 Å². The Morgan fingerprint density at radius 2 is 1.82 bits per heavy atom. The molecule has 184 valence electrons. The first kappa shape index (κ1) is 26.6. The van der Waals surface area contributed by atoms with E-state index >= 15 is 0 Å². The predicted molar refractivity (Wildman–Crippen MR) is 120 cm³/mol. The molecule has 0 aliphatic carbocycles. The number of alkyl halides is 1. The van der Waals surface area contributed by atoms with Gasteiger partial charge in [-0.15, -0.1) is 0 Å². The number of carbonyl (C=O) groups excluding carboxylic acids is 3. The maximum absolute atomic E-state index is 14.3. The molecule has 0 unspecified atom stereocenters. The lowest BCUT2D eigenvalue weighted by Gasteiger charge is -2.34. The number of hydrogen-bond donors (Lipinski definition) is 1. The van der Waals surface area contributed by atoms with Crippen LogP contribution in [0.25, 0.3) is 0 Å². The molecule has 1 heterocycles. The van der Waals surface area contributed by atoms with Crippen molar-refractivity contribution < 1.29 is 33.0 Å². The molecule has 9 heteroatoms. The first-order chi connectivity index (χ1) is 15.5. The van der Waals surface area contributed by atoms with Gasteiger partial charge >= 0.3 is 12.1 Å². The highest BCUT2D eigenvalue weighted by atomic mass is 19.1. The van der Waals surface area contributed by atoms with Crippen LogP contribution in [-0.4, -0.2) is 73.6 Å². The Morgan fingerprint density at radius 1 is 1.18 bits per heavy atom. The zero-order valence-electron chi connectivity index (χ0n) is 20.2. The standard InChI is InChI=1S/C24H35FN2O6/c1-15(21(28)26-18(22(29)32-6)12-16-10-8-7-9-11-16)20(31-5)19-13-17(25)14-27(19)23(30)33-24(2,3)4/h7-11,15,17-20H,12-14H2,1-6H3,(H,26,28)/t15-,17+,18+,19+,20-/m1/s1. The van der Waals surface area contributed by atoms with Crippen LogP contribution in [0.5, 0.6) is 0 Å². The van der Waals surface area contributed by atoms with Gasteiger partial charge in [-0.05, 0) is 26.3 Å². The van der Waals surface area contributed by atoms with E-state index in [2.05, 4.69) is 5.32 Å². The van der Waals surface area contributed by atoms with Crippen LogP contribution in [0.3, 0.4) is 0 Å². The lowest BCUT2D eigenvalue weighted by atomic mass is 9.94. The second-order valence-electron chi connectivity index (χ2n) is 9.30. The van der Waals surface area contributed by atoms with Crippen LogP contribution >= 0.6 is 0 Å². The summed E-state index contributed by atoms with van der Waals surface area (Å²) in [4.78, 5) is 39.3. The number of methoxy groups -OCH3 is 2. The van der Waals surface area contributed by atoms with Gasteiger partial charge in [0.15, 0.2) is 0 Å². The molecule has 0 spiro atoms. The summed E-state index contributed by atoms with van der Waals surface area (Å²) in [7, 11) is 2.67. The molecule has 1 aromatic carbocycles. The number of likely N-dealkylation sites (tertiary alicyclic amines) is 1. The number of ether oxygens (including phenoxy) is 3. The normalized spacial score (nSPS) is 21.1. The minimum absolute atomic E-state index is 0.0276. The number of rotatable bonds is 8. The van der Waals surface area contributed by atoms with E-state index in [9.17, 15) is 18.8 Å². The SMILES string of the molecule is COC(=O)[C@H](Cc1ccccc1)NC(=O)[C@H](C)[C@@H](OC)[C@@H]1C[C@H](F)CN1C(=O)OC(C)(C)C. The second kappa shape index (κ2) is 11.4. The number of halogens is 1. The third kappa shape index (κ3) is 7.42. The van der Waals surface area contributed by atoms with Gasteiger partial charge in [-0.25, -0.2) is 14.0 Å². The molecule has 0 saturated carbocycles. The fraction of sp³-hybridized carbons (Fsp3) is 0.625. The van der Waals surface area contributed by atoms with E-state index in [4.69, 9.17) is 14.2 Å². The summed E-state index contributed by atoms with van der Waals surface area (Å²) in [5.41, 5.74) is 0.114. The Hall–Kier alpha value is -2.68. The lowest BCUT2D eigenvalue weighted by molar-refractivity contribution is -0.146. The Bertz CT molecular complexity index is 813. The summed E-state index contributed by atoms with van der Waals surface area (Å²) >= 11 is 0. The first-order valence-electron chi connectivity index (χ1n) is 11.1. The average Bonchev–Trinajstić information content (AvgIpc) is 3.14. The van der Waals surface area contributed by atoms with Crippen molar-refractivity contribution in [3.8, 4) is 0 Å². The number of nitrogens with one attached hydrogen (secondary N) is 1. The molecule has 2 rings (SSSR count). The van der Waals surface area contributed by atoms with E-state index in [-0.39, 0.29) is 19.4 Å². The predicted octanol–water partition coefficient (Wildman–Crippen LogP) is 2.89. The number of benzene rings is 1. The van der Waals surface area contributed by atoms with Crippen LogP contribution in [-0.2, 0) is 30.2 Å². The minimum Gasteiger partial charge on any atom is -0.467 e. The van der Waals surface area contributed by atoms with Crippen molar-refractivity contribution in [1.82, 2.24) is 10.2 Å². The summed E-state index contributed by atoms with van der Waals surface area (Å²) in [5, 5.41) is 2.73. The summed E-state index contributed by atoms with van der Waals surface area (Å²) in [6.07, 6.45) is -2.42. The topological polar surface area (TPSA) is 94.2 Å². The van der Waals surface area contributed by atoms with Crippen LogP contribution in [0.2, 0.25) is 0 Å². The highest BCUT2D eigenvalue weighted by Crippen LogP contribution is 2.29. The monoisotopic (exact) mass is 466 g/mol. The van der Waals surface area contributed by atoms with Gasteiger partial charge in [0.1, 0.15) is 17.8 Å². The van der Waals surface area contributed by atoms with E-state index in [1.165, 1.54) is 19.1 Å². The van der Waals surface area contributed by atoms with E-state index in [0.29, 0.717) is 0 Å². The van der Waals surface area contributed by atoms with Crippen molar-refractivity contribution in [3.05, 3.63) is 35.9 Å². The van der Waals surface area contributed by atoms with E-state index in [0.717, 1.165) is 5.56 Å². The van der Waals surface area contributed by atoms with Crippen LogP contribution in [0.1, 0.15) is 39.7 Å². The van der Waals surface area contributed by atoms with Crippen molar-refractivity contribution in [2.45, 2.75) is 70.5 Å². The molecule has 1 aliphatic heterocycles. The molecule has 0 bridgehead atoms. The summed E-state index contributed by atoms with van der Waals surface area (Å²) < 4.78 is 30.2.